The van der Waals surface area contributed by atoms with E-state index in [2.05, 4.69) is 161 Å². The molecule has 5 aromatic carbocycles. The SMILES string of the molecule is Cc1ccc(C/C(=C(/c2ccc(C)cc2)N(Cc2ccc(C)cc2)c2ccc(C)cc2)c2ccc(C)cc2)cc1. The Balaban J connectivity index is 1.79. The predicted octanol–water partition coefficient (Wildman–Crippen LogP) is 10.0. The Hall–Kier alpha value is -4.36. The van der Waals surface area contributed by atoms with Crippen LogP contribution in [0, 0.1) is 34.6 Å². The molecule has 0 aliphatic carbocycles. The molecule has 0 atom stereocenters. The van der Waals surface area contributed by atoms with Gasteiger partial charge in [-0.3, -0.25) is 0 Å². The van der Waals surface area contributed by atoms with Crippen LogP contribution in [0.15, 0.2) is 121 Å². The third-order valence-corrected chi connectivity index (χ3v) is 7.59. The van der Waals surface area contributed by atoms with Crippen LogP contribution in [0.4, 0.5) is 5.69 Å². The Bertz CT molecular complexity index is 1570. The molecular weight excluding hydrogens is 482 g/mol. The molecule has 5 rings (SSSR count). The van der Waals surface area contributed by atoms with Crippen molar-refractivity contribution < 1.29 is 0 Å². The average molecular weight is 522 g/mol. The number of aryl methyl sites for hydroxylation is 5. The summed E-state index contributed by atoms with van der Waals surface area (Å²) in [5.74, 6) is 0. The van der Waals surface area contributed by atoms with Gasteiger partial charge in [0.15, 0.2) is 0 Å². The van der Waals surface area contributed by atoms with E-state index in [4.69, 9.17) is 0 Å². The standard InChI is InChI=1S/C39H39N/c1-28-6-16-33(17-7-28)26-38(35-20-10-30(3)11-21-35)39(36-22-12-31(4)13-23-36)40(37-24-14-32(5)15-25-37)27-34-18-8-29(2)9-19-34/h6-25H,26-27H2,1-5H3/b39-38+. The van der Waals surface area contributed by atoms with Crippen LogP contribution in [-0.4, -0.2) is 0 Å². The molecule has 1 heteroatoms. The summed E-state index contributed by atoms with van der Waals surface area (Å²) in [7, 11) is 0. The van der Waals surface area contributed by atoms with Crippen molar-refractivity contribution in [1.29, 1.82) is 0 Å². The summed E-state index contributed by atoms with van der Waals surface area (Å²) in [5, 5.41) is 0. The van der Waals surface area contributed by atoms with Gasteiger partial charge in [-0.25, -0.2) is 0 Å². The molecule has 0 radical (unpaired) electrons. The molecule has 0 heterocycles. The van der Waals surface area contributed by atoms with Crippen molar-refractivity contribution in [1.82, 2.24) is 0 Å². The molecule has 1 nitrogen and oxygen atoms in total. The maximum atomic E-state index is 2.51. The van der Waals surface area contributed by atoms with E-state index in [1.807, 2.05) is 0 Å². The van der Waals surface area contributed by atoms with Crippen molar-refractivity contribution >= 4 is 17.0 Å². The molecule has 5 aromatic rings. The van der Waals surface area contributed by atoms with Crippen LogP contribution in [0.1, 0.15) is 50.1 Å². The minimum Gasteiger partial charge on any atom is -0.336 e. The number of benzene rings is 5. The van der Waals surface area contributed by atoms with E-state index in [-0.39, 0.29) is 0 Å². The fourth-order valence-corrected chi connectivity index (χ4v) is 5.09. The number of rotatable bonds is 8. The fraction of sp³-hybridized carbons (Fsp3) is 0.179. The fourth-order valence-electron chi connectivity index (χ4n) is 5.09. The lowest BCUT2D eigenvalue weighted by Crippen LogP contribution is -2.23. The van der Waals surface area contributed by atoms with Gasteiger partial charge < -0.3 is 4.90 Å². The first kappa shape index (κ1) is 27.2. The van der Waals surface area contributed by atoms with Gasteiger partial charge in [0.2, 0.25) is 0 Å². The highest BCUT2D eigenvalue weighted by atomic mass is 15.1. The van der Waals surface area contributed by atoms with Gasteiger partial charge in [0, 0.05) is 18.7 Å². The highest BCUT2D eigenvalue weighted by Gasteiger charge is 2.21. The summed E-state index contributed by atoms with van der Waals surface area (Å²) in [6, 6.07) is 44.9. The number of nitrogens with zero attached hydrogens (tertiary/aromatic N) is 1. The summed E-state index contributed by atoms with van der Waals surface area (Å²) in [5.41, 5.74) is 15.2. The van der Waals surface area contributed by atoms with Crippen LogP contribution in [0.3, 0.4) is 0 Å². The second-order valence-corrected chi connectivity index (χ2v) is 11.1. The first-order valence-corrected chi connectivity index (χ1v) is 14.2. The first-order valence-electron chi connectivity index (χ1n) is 14.2. The zero-order valence-corrected chi connectivity index (χ0v) is 24.4. The second-order valence-electron chi connectivity index (χ2n) is 11.1. The van der Waals surface area contributed by atoms with Gasteiger partial charge in [-0.1, -0.05) is 137 Å². The van der Waals surface area contributed by atoms with E-state index in [1.165, 1.54) is 67.0 Å². The summed E-state index contributed by atoms with van der Waals surface area (Å²) in [6.45, 7) is 11.5. The molecule has 200 valence electrons. The molecule has 0 fully saturated rings. The third kappa shape index (κ3) is 6.61. The molecule has 40 heavy (non-hydrogen) atoms. The highest BCUT2D eigenvalue weighted by molar-refractivity contribution is 5.98. The Labute approximate surface area is 240 Å². The maximum absolute atomic E-state index is 2.51. The summed E-state index contributed by atoms with van der Waals surface area (Å²) < 4.78 is 0. The zero-order valence-electron chi connectivity index (χ0n) is 24.4. The lowest BCUT2D eigenvalue weighted by atomic mass is 9.91. The van der Waals surface area contributed by atoms with Crippen molar-refractivity contribution in [2.24, 2.45) is 0 Å². The Morgan fingerprint density at radius 1 is 0.425 bits per heavy atom. The van der Waals surface area contributed by atoms with Crippen LogP contribution < -0.4 is 4.90 Å². The quantitative estimate of drug-likeness (QED) is 0.184. The van der Waals surface area contributed by atoms with Crippen LogP contribution in [-0.2, 0) is 13.0 Å². The highest BCUT2D eigenvalue weighted by Crippen LogP contribution is 2.37. The van der Waals surface area contributed by atoms with E-state index >= 15 is 0 Å². The second kappa shape index (κ2) is 12.2. The van der Waals surface area contributed by atoms with E-state index in [1.54, 1.807) is 0 Å². The molecular formula is C39H39N. The Kier molecular flexibility index (Phi) is 8.31. The molecule has 0 aliphatic rings. The summed E-state index contributed by atoms with van der Waals surface area (Å²) in [4.78, 5) is 2.51. The molecule has 0 spiro atoms. The Morgan fingerprint density at radius 3 is 1.27 bits per heavy atom. The van der Waals surface area contributed by atoms with Crippen LogP contribution in [0.5, 0.6) is 0 Å². The topological polar surface area (TPSA) is 3.24 Å². The molecule has 0 unspecified atom stereocenters. The van der Waals surface area contributed by atoms with Gasteiger partial charge in [0.1, 0.15) is 0 Å². The third-order valence-electron chi connectivity index (χ3n) is 7.59. The number of hydrogen-bond donors (Lipinski definition) is 0. The van der Waals surface area contributed by atoms with Gasteiger partial charge in [0.25, 0.3) is 0 Å². The van der Waals surface area contributed by atoms with Crippen molar-refractivity contribution in [3.05, 3.63) is 171 Å². The first-order chi connectivity index (χ1) is 19.4. The van der Waals surface area contributed by atoms with Gasteiger partial charge in [0.05, 0.1) is 5.70 Å². The Morgan fingerprint density at radius 2 is 0.800 bits per heavy atom. The average Bonchev–Trinajstić information content (AvgIpc) is 2.96. The molecule has 0 N–H and O–H groups in total. The maximum Gasteiger partial charge on any atom is 0.0529 e. The molecule has 0 saturated heterocycles. The van der Waals surface area contributed by atoms with E-state index in [0.717, 1.165) is 13.0 Å². The molecule has 0 amide bonds. The van der Waals surface area contributed by atoms with Crippen LogP contribution in [0.2, 0.25) is 0 Å². The minimum absolute atomic E-state index is 0.774. The summed E-state index contributed by atoms with van der Waals surface area (Å²) in [6.07, 6.45) is 0.836. The van der Waals surface area contributed by atoms with E-state index in [0.29, 0.717) is 0 Å². The molecule has 0 aromatic heterocycles. The van der Waals surface area contributed by atoms with Crippen molar-refractivity contribution in [3.63, 3.8) is 0 Å². The zero-order chi connectivity index (χ0) is 28.1. The van der Waals surface area contributed by atoms with Crippen LogP contribution >= 0.6 is 0 Å². The lowest BCUT2D eigenvalue weighted by Gasteiger charge is -2.32. The molecule has 0 saturated carbocycles. The number of anilines is 1. The number of hydrogen-bond acceptors (Lipinski definition) is 1. The monoisotopic (exact) mass is 521 g/mol. The van der Waals surface area contributed by atoms with Gasteiger partial charge in [-0.15, -0.1) is 0 Å². The molecule has 0 aliphatic heterocycles. The lowest BCUT2D eigenvalue weighted by molar-refractivity contribution is 0.978. The van der Waals surface area contributed by atoms with Gasteiger partial charge in [-0.05, 0) is 74.6 Å². The van der Waals surface area contributed by atoms with Crippen molar-refractivity contribution in [2.45, 2.75) is 47.6 Å². The van der Waals surface area contributed by atoms with E-state index in [9.17, 15) is 0 Å². The smallest absolute Gasteiger partial charge is 0.0529 e. The van der Waals surface area contributed by atoms with Crippen LogP contribution in [0.25, 0.3) is 11.3 Å². The van der Waals surface area contributed by atoms with Crippen molar-refractivity contribution in [2.75, 3.05) is 4.90 Å². The summed E-state index contributed by atoms with van der Waals surface area (Å²) >= 11 is 0. The minimum atomic E-state index is 0.774. The molecule has 0 bridgehead atoms. The predicted molar refractivity (Wildman–Crippen MR) is 173 cm³/mol. The normalized spacial score (nSPS) is 11.7. The van der Waals surface area contributed by atoms with Crippen molar-refractivity contribution in [3.8, 4) is 0 Å². The largest absolute Gasteiger partial charge is 0.336 e. The van der Waals surface area contributed by atoms with E-state index < -0.39 is 0 Å². The number of allylic oxidation sites excluding steroid dienone is 1. The van der Waals surface area contributed by atoms with Gasteiger partial charge in [-0.2, -0.15) is 0 Å². The van der Waals surface area contributed by atoms with Gasteiger partial charge >= 0.3 is 0 Å².